The Labute approximate surface area is 183 Å². The van der Waals surface area contributed by atoms with Crippen molar-refractivity contribution in [2.24, 2.45) is 0 Å². The summed E-state index contributed by atoms with van der Waals surface area (Å²) in [6.07, 6.45) is 2.04. The minimum absolute atomic E-state index is 0. The predicted octanol–water partition coefficient (Wildman–Crippen LogP) is 0.688. The highest BCUT2D eigenvalue weighted by Gasteiger charge is 2.46. The first kappa shape index (κ1) is 22.9. The number of methoxy groups -OCH3 is 2. The Kier molecular flexibility index (Phi) is 8.63. The summed E-state index contributed by atoms with van der Waals surface area (Å²) in [7, 11) is 0.883. The number of benzene rings is 3. The Hall–Kier alpha value is -2.42. The summed E-state index contributed by atoms with van der Waals surface area (Å²) >= 11 is 0. The molecule has 0 aliphatic carbocycles. The smallest absolute Gasteiger partial charge is 0.334 e. The van der Waals surface area contributed by atoms with Crippen LogP contribution in [0.15, 0.2) is 103 Å². The number of halogens is 1. The van der Waals surface area contributed by atoms with Gasteiger partial charge in [-0.1, -0.05) is 54.6 Å². The number of hydrogen-bond acceptors (Lipinski definition) is 3. The van der Waals surface area contributed by atoms with E-state index in [4.69, 9.17) is 9.47 Å². The maximum absolute atomic E-state index is 11.9. The van der Waals surface area contributed by atoms with Crippen molar-refractivity contribution >= 4 is 29.1 Å². The van der Waals surface area contributed by atoms with Gasteiger partial charge in [-0.15, -0.1) is 0 Å². The summed E-state index contributed by atoms with van der Waals surface area (Å²) in [5, 5.41) is 3.71. The predicted molar refractivity (Wildman–Crippen MR) is 117 cm³/mol. The van der Waals surface area contributed by atoms with E-state index >= 15 is 0 Å². The summed E-state index contributed by atoms with van der Waals surface area (Å²) in [6, 6.07) is 31.4. The molecule has 0 bridgehead atoms. The lowest BCUT2D eigenvalue weighted by molar-refractivity contribution is -0.135. The van der Waals surface area contributed by atoms with E-state index in [9.17, 15) is 4.79 Å². The molecule has 0 saturated carbocycles. The molecule has 3 aromatic rings. The Balaban J connectivity index is 0.00000300. The first-order valence-electron chi connectivity index (χ1n) is 9.08. The molecule has 0 radical (unpaired) electrons. The van der Waals surface area contributed by atoms with Crippen LogP contribution >= 0.6 is 7.26 Å². The maximum atomic E-state index is 11.9. The fourth-order valence-electron chi connectivity index (χ4n) is 3.36. The van der Waals surface area contributed by atoms with E-state index in [2.05, 4.69) is 72.8 Å². The largest absolute Gasteiger partial charge is 1.00 e. The molecule has 29 heavy (non-hydrogen) atoms. The number of allylic oxidation sites excluding steroid dienone is 1. The molecule has 0 heterocycles. The maximum Gasteiger partial charge on any atom is 0.334 e. The van der Waals surface area contributed by atoms with Crippen molar-refractivity contribution in [2.45, 2.75) is 0 Å². The van der Waals surface area contributed by atoms with Gasteiger partial charge in [-0.2, -0.15) is 0 Å². The molecule has 0 N–H and O–H groups in total. The molecule has 0 atom stereocenters. The number of carbonyl (C=O) groups excluding carboxylic acids is 1. The van der Waals surface area contributed by atoms with Gasteiger partial charge in [0.25, 0.3) is 0 Å². The lowest BCUT2D eigenvalue weighted by Crippen LogP contribution is -3.00. The van der Waals surface area contributed by atoms with Crippen molar-refractivity contribution < 1.29 is 31.2 Å². The van der Waals surface area contributed by atoms with Crippen LogP contribution in [0.25, 0.3) is 0 Å². The van der Waals surface area contributed by atoms with Gasteiger partial charge in [-0.3, -0.25) is 0 Å². The summed E-state index contributed by atoms with van der Waals surface area (Å²) in [6.45, 7) is 0. The molecular formula is C24H24BrO3P. The lowest BCUT2D eigenvalue weighted by atomic mass is 10.3. The average Bonchev–Trinajstić information content (AvgIpc) is 2.78. The van der Waals surface area contributed by atoms with Crippen molar-refractivity contribution in [1.29, 1.82) is 0 Å². The van der Waals surface area contributed by atoms with Gasteiger partial charge in [0.05, 0.1) is 20.3 Å². The fourth-order valence-corrected chi connectivity index (χ4v) is 7.54. The molecular weight excluding hydrogens is 447 g/mol. The molecule has 3 nitrogen and oxygen atoms in total. The summed E-state index contributed by atoms with van der Waals surface area (Å²) < 4.78 is 10.5. The second-order valence-corrected chi connectivity index (χ2v) is 9.80. The second kappa shape index (κ2) is 10.9. The second-order valence-electron chi connectivity index (χ2n) is 6.31. The molecule has 0 unspecified atom stereocenters. The zero-order chi connectivity index (χ0) is 19.8. The van der Waals surface area contributed by atoms with E-state index in [0.29, 0.717) is 11.9 Å². The van der Waals surface area contributed by atoms with Gasteiger partial charge >= 0.3 is 5.97 Å². The Bertz CT molecular complexity index is 831. The van der Waals surface area contributed by atoms with Crippen LogP contribution in [0.3, 0.4) is 0 Å². The Morgan fingerprint density at radius 3 is 1.41 bits per heavy atom. The van der Waals surface area contributed by atoms with Crippen LogP contribution in [0.2, 0.25) is 0 Å². The summed E-state index contributed by atoms with van der Waals surface area (Å²) in [4.78, 5) is 11.9. The van der Waals surface area contributed by atoms with Crippen LogP contribution in [0, 0.1) is 0 Å². The average molecular weight is 471 g/mol. The first-order chi connectivity index (χ1) is 13.7. The molecule has 0 saturated heterocycles. The third-order valence-electron chi connectivity index (χ3n) is 4.73. The molecule has 3 rings (SSSR count). The number of hydrogen-bond donors (Lipinski definition) is 0. The van der Waals surface area contributed by atoms with Gasteiger partial charge in [0, 0.05) is 0 Å². The fraction of sp³-hybridized carbons (Fsp3) is 0.125. The topological polar surface area (TPSA) is 35.5 Å². The number of esters is 1. The molecule has 0 aliphatic heterocycles. The molecule has 5 heteroatoms. The molecule has 0 aromatic heterocycles. The Morgan fingerprint density at radius 2 is 1.10 bits per heavy atom. The third kappa shape index (κ3) is 5.14. The van der Waals surface area contributed by atoms with E-state index < -0.39 is 13.2 Å². The molecule has 0 fully saturated rings. The molecule has 0 spiro atoms. The Morgan fingerprint density at radius 1 is 0.724 bits per heavy atom. The van der Waals surface area contributed by atoms with Crippen molar-refractivity contribution in [3.05, 3.63) is 103 Å². The van der Waals surface area contributed by atoms with Crippen molar-refractivity contribution in [3.8, 4) is 0 Å². The van der Waals surface area contributed by atoms with Crippen LogP contribution < -0.4 is 32.9 Å². The van der Waals surface area contributed by atoms with Gasteiger partial charge in [-0.25, -0.2) is 4.79 Å². The van der Waals surface area contributed by atoms with Gasteiger partial charge in [0.15, 0.2) is 0 Å². The van der Waals surface area contributed by atoms with Crippen LogP contribution in [0.5, 0.6) is 0 Å². The zero-order valence-electron chi connectivity index (χ0n) is 16.5. The van der Waals surface area contributed by atoms with Crippen LogP contribution in [0.1, 0.15) is 0 Å². The monoisotopic (exact) mass is 470 g/mol. The van der Waals surface area contributed by atoms with Crippen molar-refractivity contribution in [1.82, 2.24) is 0 Å². The number of rotatable bonds is 7. The van der Waals surface area contributed by atoms with E-state index in [-0.39, 0.29) is 17.0 Å². The zero-order valence-corrected chi connectivity index (χ0v) is 19.0. The van der Waals surface area contributed by atoms with Crippen LogP contribution in [-0.2, 0) is 14.3 Å². The van der Waals surface area contributed by atoms with Crippen molar-refractivity contribution in [2.75, 3.05) is 20.4 Å². The van der Waals surface area contributed by atoms with Crippen LogP contribution in [0.4, 0.5) is 0 Å². The minimum Gasteiger partial charge on any atom is -1.00 e. The molecule has 0 amide bonds. The summed E-state index contributed by atoms with van der Waals surface area (Å²) in [5.74, 6) is 0.195. The normalized spacial score (nSPS) is 11.3. The van der Waals surface area contributed by atoms with Gasteiger partial charge in [-0.05, 0) is 36.4 Å². The van der Waals surface area contributed by atoms with E-state index in [1.54, 1.807) is 7.11 Å². The van der Waals surface area contributed by atoms with E-state index in [1.165, 1.54) is 29.1 Å². The van der Waals surface area contributed by atoms with E-state index in [1.807, 2.05) is 18.2 Å². The van der Waals surface area contributed by atoms with E-state index in [0.717, 1.165) is 0 Å². The van der Waals surface area contributed by atoms with Crippen LogP contribution in [-0.4, -0.2) is 26.4 Å². The molecule has 0 aliphatic rings. The third-order valence-corrected chi connectivity index (χ3v) is 9.05. The van der Waals surface area contributed by atoms with Gasteiger partial charge in [0.1, 0.15) is 35.1 Å². The van der Waals surface area contributed by atoms with Crippen molar-refractivity contribution in [3.63, 3.8) is 0 Å². The summed E-state index contributed by atoms with van der Waals surface area (Å²) in [5.41, 5.74) is 0. The SMILES string of the molecule is COC(=O)/C=C(/C[P+](c1ccccc1)(c1ccccc1)c1ccccc1)OC.[Br-]. The number of carbonyl (C=O) groups is 1. The highest BCUT2D eigenvalue weighted by atomic mass is 79.9. The first-order valence-corrected chi connectivity index (χ1v) is 11.1. The van der Waals surface area contributed by atoms with Gasteiger partial charge in [0.2, 0.25) is 0 Å². The molecule has 3 aromatic carbocycles. The standard InChI is InChI=1S/C24H24O3P.BrH/c1-26-20(18-24(25)27-2)19-28(21-12-6-3-7-13-21,22-14-8-4-9-15-22)23-16-10-5-11-17-23;/h3-18H,19H2,1-2H3;1H/q+1;/p-1/b20-18-;. The highest BCUT2D eigenvalue weighted by molar-refractivity contribution is 7.95. The molecule has 150 valence electrons. The quantitative estimate of drug-likeness (QED) is 0.220. The van der Waals surface area contributed by atoms with Gasteiger partial charge < -0.3 is 26.5 Å². The highest BCUT2D eigenvalue weighted by Crippen LogP contribution is 2.56. The minimum atomic E-state index is -2.09. The number of ether oxygens (including phenoxy) is 2. The lowest BCUT2D eigenvalue weighted by Gasteiger charge is -2.28.